The van der Waals surface area contributed by atoms with Gasteiger partial charge >= 0.3 is 5.97 Å². The zero-order valence-corrected chi connectivity index (χ0v) is 10.7. The van der Waals surface area contributed by atoms with Crippen molar-refractivity contribution in [2.24, 2.45) is 0 Å². The Labute approximate surface area is 99.2 Å². The minimum absolute atomic E-state index is 0.547. The number of hydrogen-bond acceptors (Lipinski definition) is 2. The second kappa shape index (κ2) is 10.9. The van der Waals surface area contributed by atoms with Crippen LogP contribution in [-0.2, 0) is 9.53 Å². The van der Waals surface area contributed by atoms with Gasteiger partial charge in [-0.05, 0) is 12.8 Å². The van der Waals surface area contributed by atoms with Crippen molar-refractivity contribution in [3.8, 4) is 0 Å². The highest BCUT2D eigenvalue weighted by molar-refractivity contribution is 5.72. The molecule has 16 heavy (non-hydrogen) atoms. The summed E-state index contributed by atoms with van der Waals surface area (Å²) in [5.74, 6) is -0.842. The molecule has 0 aliphatic carbocycles. The number of hydrogen-bond donors (Lipinski definition) is 1. The van der Waals surface area contributed by atoms with Crippen molar-refractivity contribution in [2.45, 2.75) is 71.3 Å². The van der Waals surface area contributed by atoms with E-state index in [1.165, 1.54) is 32.1 Å². The first kappa shape index (κ1) is 15.4. The van der Waals surface area contributed by atoms with Crippen LogP contribution in [0.3, 0.4) is 0 Å². The van der Waals surface area contributed by atoms with E-state index in [-0.39, 0.29) is 0 Å². The summed E-state index contributed by atoms with van der Waals surface area (Å²) in [7, 11) is 0. The number of unbranched alkanes of at least 4 members (excludes halogenated alkanes) is 6. The molecule has 96 valence electrons. The summed E-state index contributed by atoms with van der Waals surface area (Å²) in [6.45, 7) is 4.63. The summed E-state index contributed by atoms with van der Waals surface area (Å²) in [5, 5.41) is 8.75. The third kappa shape index (κ3) is 8.72. The molecule has 1 N–H and O–H groups in total. The first-order chi connectivity index (χ1) is 7.72. The van der Waals surface area contributed by atoms with E-state index in [9.17, 15) is 4.79 Å². The van der Waals surface area contributed by atoms with Crippen LogP contribution < -0.4 is 0 Å². The average Bonchev–Trinajstić information content (AvgIpc) is 2.26. The molecule has 0 spiro atoms. The Hall–Kier alpha value is -0.570. The molecule has 0 heterocycles. The van der Waals surface area contributed by atoms with Crippen LogP contribution in [0.4, 0.5) is 0 Å². The minimum atomic E-state index is -0.842. The lowest BCUT2D eigenvalue weighted by atomic mass is 10.1. The van der Waals surface area contributed by atoms with Gasteiger partial charge in [0.2, 0.25) is 0 Å². The third-order valence-electron chi connectivity index (χ3n) is 2.71. The van der Waals surface area contributed by atoms with Gasteiger partial charge in [0.1, 0.15) is 0 Å². The molecular weight excluding hydrogens is 204 g/mol. The summed E-state index contributed by atoms with van der Waals surface area (Å²) in [6.07, 6.45) is 8.54. The highest BCUT2D eigenvalue weighted by Crippen LogP contribution is 2.08. The molecule has 0 rings (SSSR count). The predicted octanol–water partition coefficient (Wildman–Crippen LogP) is 3.62. The Balaban J connectivity index is 3.22. The van der Waals surface area contributed by atoms with E-state index in [4.69, 9.17) is 9.84 Å². The van der Waals surface area contributed by atoms with E-state index in [0.717, 1.165) is 12.8 Å². The fourth-order valence-corrected chi connectivity index (χ4v) is 1.65. The zero-order chi connectivity index (χ0) is 12.2. The van der Waals surface area contributed by atoms with E-state index in [0.29, 0.717) is 13.0 Å². The molecule has 3 heteroatoms. The molecule has 1 unspecified atom stereocenters. The Kier molecular flexibility index (Phi) is 10.5. The van der Waals surface area contributed by atoms with Crippen molar-refractivity contribution in [1.29, 1.82) is 0 Å². The third-order valence-corrected chi connectivity index (χ3v) is 2.71. The normalized spacial score (nSPS) is 12.6. The van der Waals surface area contributed by atoms with E-state index in [1.807, 2.05) is 6.92 Å². The molecular formula is C13H26O3. The molecule has 3 nitrogen and oxygen atoms in total. The average molecular weight is 230 g/mol. The molecule has 0 saturated carbocycles. The van der Waals surface area contributed by atoms with Gasteiger partial charge < -0.3 is 9.84 Å². The van der Waals surface area contributed by atoms with E-state index < -0.39 is 12.1 Å². The molecule has 0 fully saturated rings. The van der Waals surface area contributed by atoms with Gasteiger partial charge in [0, 0.05) is 6.61 Å². The van der Waals surface area contributed by atoms with Gasteiger partial charge in [-0.25, -0.2) is 4.79 Å². The Bertz CT molecular complexity index is 169. The van der Waals surface area contributed by atoms with E-state index in [2.05, 4.69) is 6.92 Å². The zero-order valence-electron chi connectivity index (χ0n) is 10.7. The molecule has 0 radical (unpaired) electrons. The second-order valence-corrected chi connectivity index (χ2v) is 4.23. The largest absolute Gasteiger partial charge is 0.479 e. The van der Waals surface area contributed by atoms with Gasteiger partial charge in [-0.15, -0.1) is 0 Å². The molecule has 0 aliphatic heterocycles. The maximum atomic E-state index is 10.6. The van der Waals surface area contributed by atoms with Crippen LogP contribution >= 0.6 is 0 Å². The quantitative estimate of drug-likeness (QED) is 0.551. The molecule has 0 amide bonds. The lowest BCUT2D eigenvalue weighted by molar-refractivity contribution is -0.150. The molecule has 0 aromatic rings. The van der Waals surface area contributed by atoms with Gasteiger partial charge in [-0.1, -0.05) is 52.4 Å². The molecule has 0 saturated heterocycles. The van der Waals surface area contributed by atoms with E-state index in [1.54, 1.807) is 0 Å². The number of ether oxygens (including phenoxy) is 1. The Morgan fingerprint density at radius 1 is 1.06 bits per heavy atom. The van der Waals surface area contributed by atoms with Crippen LogP contribution in [0, 0.1) is 0 Å². The van der Waals surface area contributed by atoms with Crippen molar-refractivity contribution in [2.75, 3.05) is 6.61 Å². The first-order valence-corrected chi connectivity index (χ1v) is 6.56. The van der Waals surface area contributed by atoms with Gasteiger partial charge in [0.25, 0.3) is 0 Å². The van der Waals surface area contributed by atoms with Gasteiger partial charge in [-0.2, -0.15) is 0 Å². The number of carbonyl (C=O) groups is 1. The molecule has 0 aliphatic rings. The molecule has 0 bridgehead atoms. The molecule has 1 atom stereocenters. The van der Waals surface area contributed by atoms with Crippen molar-refractivity contribution in [3.05, 3.63) is 0 Å². The van der Waals surface area contributed by atoms with Crippen molar-refractivity contribution in [1.82, 2.24) is 0 Å². The SMILES string of the molecule is CCCCCCCCCOC(CC)C(=O)O. The second-order valence-electron chi connectivity index (χ2n) is 4.23. The standard InChI is InChI=1S/C13H26O3/c1-3-5-6-7-8-9-10-11-16-12(4-2)13(14)15/h12H,3-11H2,1-2H3,(H,14,15). The van der Waals surface area contributed by atoms with Crippen LogP contribution in [0.25, 0.3) is 0 Å². The van der Waals surface area contributed by atoms with Crippen LogP contribution in [0.15, 0.2) is 0 Å². The van der Waals surface area contributed by atoms with Crippen molar-refractivity contribution in [3.63, 3.8) is 0 Å². The number of rotatable bonds is 11. The maximum absolute atomic E-state index is 10.6. The van der Waals surface area contributed by atoms with Crippen LogP contribution in [0.1, 0.15) is 65.2 Å². The van der Waals surface area contributed by atoms with Crippen molar-refractivity contribution >= 4 is 5.97 Å². The summed E-state index contributed by atoms with van der Waals surface area (Å²) in [4.78, 5) is 10.6. The highest BCUT2D eigenvalue weighted by atomic mass is 16.5. The first-order valence-electron chi connectivity index (χ1n) is 6.56. The summed E-state index contributed by atoms with van der Waals surface area (Å²) >= 11 is 0. The number of carboxylic acid groups (broad SMARTS) is 1. The van der Waals surface area contributed by atoms with Crippen molar-refractivity contribution < 1.29 is 14.6 Å². The van der Waals surface area contributed by atoms with Gasteiger partial charge in [0.05, 0.1) is 0 Å². The predicted molar refractivity (Wildman–Crippen MR) is 65.7 cm³/mol. The smallest absolute Gasteiger partial charge is 0.332 e. The lowest BCUT2D eigenvalue weighted by Gasteiger charge is -2.10. The Morgan fingerprint density at radius 2 is 1.62 bits per heavy atom. The van der Waals surface area contributed by atoms with Crippen LogP contribution in [-0.4, -0.2) is 23.8 Å². The fraction of sp³-hybridized carbons (Fsp3) is 0.923. The highest BCUT2D eigenvalue weighted by Gasteiger charge is 2.14. The lowest BCUT2D eigenvalue weighted by Crippen LogP contribution is -2.23. The van der Waals surface area contributed by atoms with Gasteiger partial charge in [0.15, 0.2) is 6.10 Å². The molecule has 0 aromatic carbocycles. The fourth-order valence-electron chi connectivity index (χ4n) is 1.65. The maximum Gasteiger partial charge on any atom is 0.332 e. The number of aliphatic carboxylic acids is 1. The molecule has 0 aromatic heterocycles. The van der Waals surface area contributed by atoms with Crippen LogP contribution in [0.5, 0.6) is 0 Å². The summed E-state index contributed by atoms with van der Waals surface area (Å²) < 4.78 is 5.28. The minimum Gasteiger partial charge on any atom is -0.479 e. The Morgan fingerprint density at radius 3 is 2.12 bits per heavy atom. The van der Waals surface area contributed by atoms with Gasteiger partial charge in [-0.3, -0.25) is 0 Å². The number of carboxylic acids is 1. The van der Waals surface area contributed by atoms with Crippen LogP contribution in [0.2, 0.25) is 0 Å². The summed E-state index contributed by atoms with van der Waals surface area (Å²) in [5.41, 5.74) is 0. The summed E-state index contributed by atoms with van der Waals surface area (Å²) in [6, 6.07) is 0. The monoisotopic (exact) mass is 230 g/mol. The topological polar surface area (TPSA) is 46.5 Å². The van der Waals surface area contributed by atoms with E-state index >= 15 is 0 Å².